The average molecular weight is 423 g/mol. The quantitative estimate of drug-likeness (QED) is 0.481. The van der Waals surface area contributed by atoms with Crippen LogP contribution in [0.2, 0.25) is 10.0 Å². The standard InChI is InChI=1S/C17H12Cl2N4O3S/c18-12-6-4-10(5-7-12)15(25)21-20-14(24)9-27-17-23-22-16(26-17)11-2-1-3-13(19)8-11/h1-8H,9H2,(H,20,24)(H,21,25). The van der Waals surface area contributed by atoms with Crippen LogP contribution >= 0.6 is 35.0 Å². The number of amides is 2. The fourth-order valence-electron chi connectivity index (χ4n) is 1.97. The number of nitrogens with zero attached hydrogens (tertiary/aromatic N) is 2. The van der Waals surface area contributed by atoms with Gasteiger partial charge in [0.05, 0.1) is 5.75 Å². The highest BCUT2D eigenvalue weighted by Crippen LogP contribution is 2.24. The van der Waals surface area contributed by atoms with Crippen LogP contribution in [0.4, 0.5) is 0 Å². The second-order valence-corrected chi connectivity index (χ2v) is 6.98. The molecule has 0 aliphatic carbocycles. The van der Waals surface area contributed by atoms with E-state index in [0.717, 1.165) is 11.8 Å². The van der Waals surface area contributed by atoms with Crippen LogP contribution in [-0.4, -0.2) is 27.8 Å². The molecule has 0 atom stereocenters. The van der Waals surface area contributed by atoms with Crippen molar-refractivity contribution in [2.24, 2.45) is 0 Å². The van der Waals surface area contributed by atoms with Crippen molar-refractivity contribution in [3.05, 3.63) is 64.1 Å². The van der Waals surface area contributed by atoms with E-state index in [1.54, 1.807) is 48.5 Å². The molecular weight excluding hydrogens is 411 g/mol. The summed E-state index contributed by atoms with van der Waals surface area (Å²) in [5.41, 5.74) is 5.68. The lowest BCUT2D eigenvalue weighted by Gasteiger charge is -2.06. The molecule has 0 aliphatic heterocycles. The number of carbonyl (C=O) groups excluding carboxylic acids is 2. The van der Waals surface area contributed by atoms with Crippen molar-refractivity contribution in [1.82, 2.24) is 21.0 Å². The number of carbonyl (C=O) groups is 2. The van der Waals surface area contributed by atoms with E-state index in [9.17, 15) is 9.59 Å². The van der Waals surface area contributed by atoms with Gasteiger partial charge in [0, 0.05) is 21.2 Å². The fraction of sp³-hybridized carbons (Fsp3) is 0.0588. The number of thioether (sulfide) groups is 1. The molecule has 7 nitrogen and oxygen atoms in total. The van der Waals surface area contributed by atoms with E-state index >= 15 is 0 Å². The van der Waals surface area contributed by atoms with E-state index in [-0.39, 0.29) is 11.0 Å². The van der Waals surface area contributed by atoms with Crippen LogP contribution in [0, 0.1) is 0 Å². The number of nitrogens with one attached hydrogen (secondary N) is 2. The molecule has 3 aromatic rings. The summed E-state index contributed by atoms with van der Waals surface area (Å²) in [7, 11) is 0. The first kappa shape index (κ1) is 19.2. The van der Waals surface area contributed by atoms with Crippen LogP contribution < -0.4 is 10.9 Å². The molecule has 2 N–H and O–H groups in total. The monoisotopic (exact) mass is 422 g/mol. The summed E-state index contributed by atoms with van der Waals surface area (Å²) in [6.07, 6.45) is 0. The molecule has 0 fully saturated rings. The highest BCUT2D eigenvalue weighted by Gasteiger charge is 2.12. The Kier molecular flexibility index (Phi) is 6.33. The number of rotatable bonds is 5. The molecule has 1 aromatic heterocycles. The molecule has 0 radical (unpaired) electrons. The maximum atomic E-state index is 11.9. The first-order chi connectivity index (χ1) is 13.0. The van der Waals surface area contributed by atoms with Crippen LogP contribution in [0.5, 0.6) is 0 Å². The zero-order valence-corrected chi connectivity index (χ0v) is 15.9. The van der Waals surface area contributed by atoms with Crippen LogP contribution in [0.15, 0.2) is 58.2 Å². The van der Waals surface area contributed by atoms with Gasteiger partial charge in [-0.3, -0.25) is 20.4 Å². The summed E-state index contributed by atoms with van der Waals surface area (Å²) in [6, 6.07) is 13.3. The predicted octanol–water partition coefficient (Wildman–Crippen LogP) is 3.60. The van der Waals surface area contributed by atoms with Crippen molar-refractivity contribution in [3.63, 3.8) is 0 Å². The zero-order valence-electron chi connectivity index (χ0n) is 13.6. The molecule has 1 heterocycles. The number of hydrogen-bond donors (Lipinski definition) is 2. The Morgan fingerprint density at radius 1 is 1.00 bits per heavy atom. The van der Waals surface area contributed by atoms with Gasteiger partial charge < -0.3 is 4.42 Å². The van der Waals surface area contributed by atoms with Gasteiger partial charge in [0.25, 0.3) is 11.1 Å². The average Bonchev–Trinajstić information content (AvgIpc) is 3.14. The Balaban J connectivity index is 1.48. The Morgan fingerprint density at radius 2 is 1.78 bits per heavy atom. The lowest BCUT2D eigenvalue weighted by Crippen LogP contribution is -2.42. The third kappa shape index (κ3) is 5.46. The Labute approximate surface area is 168 Å². The third-order valence-corrected chi connectivity index (χ3v) is 4.53. The SMILES string of the molecule is O=C(CSc1nnc(-c2cccc(Cl)c2)o1)NNC(=O)c1ccc(Cl)cc1. The van der Waals surface area contributed by atoms with Crippen molar-refractivity contribution in [3.8, 4) is 11.5 Å². The van der Waals surface area contributed by atoms with Gasteiger partial charge in [0.2, 0.25) is 11.8 Å². The highest BCUT2D eigenvalue weighted by atomic mass is 35.5. The molecule has 0 bridgehead atoms. The van der Waals surface area contributed by atoms with Crippen LogP contribution in [0.1, 0.15) is 10.4 Å². The molecular formula is C17H12Cl2N4O3S. The van der Waals surface area contributed by atoms with Crippen LogP contribution in [0.25, 0.3) is 11.5 Å². The minimum atomic E-state index is -0.453. The van der Waals surface area contributed by atoms with E-state index < -0.39 is 11.8 Å². The van der Waals surface area contributed by atoms with Crippen molar-refractivity contribution in [2.75, 3.05) is 5.75 Å². The van der Waals surface area contributed by atoms with Crippen molar-refractivity contribution < 1.29 is 14.0 Å². The molecule has 3 rings (SSSR count). The minimum Gasteiger partial charge on any atom is -0.411 e. The molecule has 0 aliphatic rings. The van der Waals surface area contributed by atoms with Crippen LogP contribution in [0.3, 0.4) is 0 Å². The number of halogens is 2. The maximum Gasteiger partial charge on any atom is 0.277 e. The van der Waals surface area contributed by atoms with Gasteiger partial charge in [0.15, 0.2) is 0 Å². The topological polar surface area (TPSA) is 97.1 Å². The number of benzene rings is 2. The van der Waals surface area contributed by atoms with E-state index in [4.69, 9.17) is 27.6 Å². The van der Waals surface area contributed by atoms with Gasteiger partial charge >= 0.3 is 0 Å². The van der Waals surface area contributed by atoms with Crippen molar-refractivity contribution in [2.45, 2.75) is 5.22 Å². The van der Waals surface area contributed by atoms with E-state index in [0.29, 0.717) is 27.1 Å². The van der Waals surface area contributed by atoms with E-state index in [1.807, 2.05) is 0 Å². The van der Waals surface area contributed by atoms with Crippen molar-refractivity contribution in [1.29, 1.82) is 0 Å². The Bertz CT molecular complexity index is 963. The lowest BCUT2D eigenvalue weighted by atomic mass is 10.2. The molecule has 0 saturated heterocycles. The second kappa shape index (κ2) is 8.90. The first-order valence-corrected chi connectivity index (χ1v) is 9.32. The van der Waals surface area contributed by atoms with Gasteiger partial charge in [0.1, 0.15) is 0 Å². The molecule has 27 heavy (non-hydrogen) atoms. The molecule has 0 saturated carbocycles. The highest BCUT2D eigenvalue weighted by molar-refractivity contribution is 7.99. The summed E-state index contributed by atoms with van der Waals surface area (Å²) in [5.74, 6) is -0.592. The lowest BCUT2D eigenvalue weighted by molar-refractivity contribution is -0.119. The number of hydrogen-bond acceptors (Lipinski definition) is 6. The molecule has 2 aromatic carbocycles. The summed E-state index contributed by atoms with van der Waals surface area (Å²) in [4.78, 5) is 23.7. The smallest absolute Gasteiger partial charge is 0.277 e. The van der Waals surface area contributed by atoms with E-state index in [1.165, 1.54) is 0 Å². The normalized spacial score (nSPS) is 10.4. The first-order valence-electron chi connectivity index (χ1n) is 7.58. The molecule has 0 unspecified atom stereocenters. The zero-order chi connectivity index (χ0) is 19.2. The van der Waals surface area contributed by atoms with Gasteiger partial charge in [-0.1, -0.05) is 41.0 Å². The maximum absolute atomic E-state index is 11.9. The second-order valence-electron chi connectivity index (χ2n) is 5.18. The summed E-state index contributed by atoms with van der Waals surface area (Å²) < 4.78 is 5.48. The van der Waals surface area contributed by atoms with Gasteiger partial charge in [-0.05, 0) is 42.5 Å². The van der Waals surface area contributed by atoms with Gasteiger partial charge in [-0.2, -0.15) is 0 Å². The summed E-state index contributed by atoms with van der Waals surface area (Å²) in [5, 5.41) is 9.08. The summed E-state index contributed by atoms with van der Waals surface area (Å²) in [6.45, 7) is 0. The number of aromatic nitrogens is 2. The van der Waals surface area contributed by atoms with Crippen LogP contribution in [-0.2, 0) is 4.79 Å². The Hall–Kier alpha value is -2.55. The summed E-state index contributed by atoms with van der Waals surface area (Å²) >= 11 is 12.7. The fourth-order valence-corrected chi connectivity index (χ4v) is 2.85. The van der Waals surface area contributed by atoms with Crippen molar-refractivity contribution >= 4 is 46.8 Å². The van der Waals surface area contributed by atoms with Gasteiger partial charge in [-0.15, -0.1) is 10.2 Å². The molecule has 10 heteroatoms. The third-order valence-electron chi connectivity index (χ3n) is 3.23. The molecule has 138 valence electrons. The molecule has 2 amide bonds. The minimum absolute atomic E-state index is 0.0158. The Morgan fingerprint density at radius 3 is 2.52 bits per heavy atom. The van der Waals surface area contributed by atoms with E-state index in [2.05, 4.69) is 21.0 Å². The largest absolute Gasteiger partial charge is 0.411 e. The van der Waals surface area contributed by atoms with Gasteiger partial charge in [-0.25, -0.2) is 0 Å². The number of hydrazine groups is 1. The molecule has 0 spiro atoms. The predicted molar refractivity (Wildman–Crippen MR) is 103 cm³/mol.